The van der Waals surface area contributed by atoms with Crippen molar-refractivity contribution < 1.29 is 32.2 Å². The number of nitrogens with zero attached hydrogens (tertiary/aromatic N) is 1. The number of anilines is 1. The summed E-state index contributed by atoms with van der Waals surface area (Å²) in [5.41, 5.74) is 2.29. The average Bonchev–Trinajstić information content (AvgIpc) is 2.71. The number of aryl methyl sites for hydroxylation is 3. The van der Waals surface area contributed by atoms with Gasteiger partial charge in [0, 0.05) is 19.2 Å². The molecule has 2 rings (SSSR count). The topological polar surface area (TPSA) is 111 Å². The minimum atomic E-state index is -3.92. The molecule has 0 saturated carbocycles. The maximum atomic E-state index is 13.1. The van der Waals surface area contributed by atoms with Gasteiger partial charge in [-0.05, 0) is 31.9 Å². The fourth-order valence-corrected chi connectivity index (χ4v) is 5.00. The maximum absolute atomic E-state index is 13.1. The molecule has 10 heteroatoms. The standard InChI is InChI=1S/C22H28N2O7S/c1-13-8-14(2)21(15(3)9-13)32(27,28)24(4)12-20(25)23-17-11-19(30-6)18(29-5)10-16(17)22(26)31-7/h8-11H,12H2,1-7H3,(H,23,25). The Labute approximate surface area is 188 Å². The van der Waals surface area contributed by atoms with Crippen molar-refractivity contribution >= 4 is 27.6 Å². The molecule has 0 unspecified atom stereocenters. The SMILES string of the molecule is COC(=O)c1cc(OC)c(OC)cc1NC(=O)CN(C)S(=O)(=O)c1c(C)cc(C)cc1C. The Morgan fingerprint density at radius 3 is 1.97 bits per heavy atom. The molecule has 0 atom stereocenters. The van der Waals surface area contributed by atoms with E-state index in [1.807, 2.05) is 6.92 Å². The Morgan fingerprint density at radius 1 is 0.938 bits per heavy atom. The van der Waals surface area contributed by atoms with Gasteiger partial charge in [0.1, 0.15) is 0 Å². The van der Waals surface area contributed by atoms with E-state index >= 15 is 0 Å². The Kier molecular flexibility index (Phi) is 7.87. The van der Waals surface area contributed by atoms with Crippen molar-refractivity contribution in [2.75, 3.05) is 40.2 Å². The normalized spacial score (nSPS) is 11.2. The lowest BCUT2D eigenvalue weighted by Crippen LogP contribution is -2.35. The van der Waals surface area contributed by atoms with E-state index < -0.39 is 28.4 Å². The first kappa shape index (κ1) is 25.2. The molecule has 0 fully saturated rings. The highest BCUT2D eigenvalue weighted by molar-refractivity contribution is 7.89. The van der Waals surface area contributed by atoms with Gasteiger partial charge in [0.05, 0.1) is 44.0 Å². The molecule has 0 spiro atoms. The number of amides is 1. The molecular weight excluding hydrogens is 436 g/mol. The van der Waals surface area contributed by atoms with E-state index in [0.717, 1.165) is 9.87 Å². The van der Waals surface area contributed by atoms with E-state index in [1.165, 1.54) is 40.5 Å². The molecule has 0 aliphatic rings. The molecule has 1 amide bonds. The fourth-order valence-electron chi connectivity index (χ4n) is 3.47. The van der Waals surface area contributed by atoms with Crippen LogP contribution in [-0.2, 0) is 19.6 Å². The summed E-state index contributed by atoms with van der Waals surface area (Å²) in [7, 11) is 1.42. The van der Waals surface area contributed by atoms with Crippen molar-refractivity contribution in [3.05, 3.63) is 46.5 Å². The molecule has 174 valence electrons. The smallest absolute Gasteiger partial charge is 0.340 e. The van der Waals surface area contributed by atoms with Gasteiger partial charge in [-0.2, -0.15) is 4.31 Å². The van der Waals surface area contributed by atoms with E-state index in [4.69, 9.17) is 14.2 Å². The van der Waals surface area contributed by atoms with Crippen LogP contribution in [0.4, 0.5) is 5.69 Å². The van der Waals surface area contributed by atoms with Crippen molar-refractivity contribution in [2.45, 2.75) is 25.7 Å². The third kappa shape index (κ3) is 5.20. The third-order valence-electron chi connectivity index (χ3n) is 4.84. The third-order valence-corrected chi connectivity index (χ3v) is 6.95. The quantitative estimate of drug-likeness (QED) is 0.598. The van der Waals surface area contributed by atoms with Crippen molar-refractivity contribution in [1.29, 1.82) is 0 Å². The zero-order valence-corrected chi connectivity index (χ0v) is 20.0. The number of ether oxygens (including phenoxy) is 3. The second kappa shape index (κ2) is 10.0. The minimum absolute atomic E-state index is 0.0363. The summed E-state index contributed by atoms with van der Waals surface area (Å²) >= 11 is 0. The van der Waals surface area contributed by atoms with Crippen LogP contribution in [0, 0.1) is 20.8 Å². The zero-order valence-electron chi connectivity index (χ0n) is 19.2. The molecule has 0 heterocycles. The zero-order chi connectivity index (χ0) is 24.2. The van der Waals surface area contributed by atoms with Gasteiger partial charge in [-0.25, -0.2) is 13.2 Å². The van der Waals surface area contributed by atoms with Crippen molar-refractivity contribution in [3.63, 3.8) is 0 Å². The van der Waals surface area contributed by atoms with Crippen LogP contribution in [0.25, 0.3) is 0 Å². The molecular formula is C22H28N2O7S. The predicted octanol–water partition coefficient (Wildman–Crippen LogP) is 2.67. The fraction of sp³-hybridized carbons (Fsp3) is 0.364. The van der Waals surface area contributed by atoms with Crippen LogP contribution in [-0.4, -0.2) is 59.5 Å². The molecule has 32 heavy (non-hydrogen) atoms. The predicted molar refractivity (Wildman–Crippen MR) is 120 cm³/mol. The van der Waals surface area contributed by atoms with Crippen LogP contribution in [0.15, 0.2) is 29.2 Å². The summed E-state index contributed by atoms with van der Waals surface area (Å²) in [6, 6.07) is 6.34. The van der Waals surface area contributed by atoms with E-state index in [9.17, 15) is 18.0 Å². The molecule has 2 aromatic carbocycles. The van der Waals surface area contributed by atoms with Gasteiger partial charge in [-0.1, -0.05) is 17.7 Å². The summed E-state index contributed by atoms with van der Waals surface area (Å²) < 4.78 is 42.4. The van der Waals surface area contributed by atoms with Crippen molar-refractivity contribution in [1.82, 2.24) is 4.31 Å². The largest absolute Gasteiger partial charge is 0.493 e. The summed E-state index contributed by atoms with van der Waals surface area (Å²) in [6.45, 7) is 4.85. The molecule has 0 bridgehead atoms. The molecule has 1 N–H and O–H groups in total. The summed E-state index contributed by atoms with van der Waals surface area (Å²) in [5, 5.41) is 2.56. The summed E-state index contributed by atoms with van der Waals surface area (Å²) in [6.07, 6.45) is 0. The number of methoxy groups -OCH3 is 3. The van der Waals surface area contributed by atoms with Gasteiger partial charge in [-0.15, -0.1) is 0 Å². The van der Waals surface area contributed by atoms with Crippen molar-refractivity contribution in [3.8, 4) is 11.5 Å². The molecule has 9 nitrogen and oxygen atoms in total. The van der Waals surface area contributed by atoms with E-state index in [1.54, 1.807) is 26.0 Å². The summed E-state index contributed by atoms with van der Waals surface area (Å²) in [4.78, 5) is 25.0. The number of carbonyl (C=O) groups is 2. The highest BCUT2D eigenvalue weighted by Gasteiger charge is 2.27. The maximum Gasteiger partial charge on any atom is 0.340 e. The number of sulfonamides is 1. The van der Waals surface area contributed by atoms with E-state index in [-0.39, 0.29) is 27.6 Å². The van der Waals surface area contributed by atoms with Gasteiger partial charge in [-0.3, -0.25) is 4.79 Å². The second-order valence-corrected chi connectivity index (χ2v) is 9.26. The number of hydrogen-bond acceptors (Lipinski definition) is 7. The van der Waals surface area contributed by atoms with Crippen LogP contribution in [0.2, 0.25) is 0 Å². The van der Waals surface area contributed by atoms with Gasteiger partial charge >= 0.3 is 5.97 Å². The lowest BCUT2D eigenvalue weighted by atomic mass is 10.1. The van der Waals surface area contributed by atoms with Crippen molar-refractivity contribution in [2.24, 2.45) is 0 Å². The number of esters is 1. The Bertz CT molecular complexity index is 1120. The number of benzene rings is 2. The number of likely N-dealkylation sites (N-methyl/N-ethyl adjacent to an activating group) is 1. The lowest BCUT2D eigenvalue weighted by Gasteiger charge is -2.21. The Morgan fingerprint density at radius 2 is 1.47 bits per heavy atom. The monoisotopic (exact) mass is 464 g/mol. The number of carbonyl (C=O) groups excluding carboxylic acids is 2. The number of hydrogen-bond donors (Lipinski definition) is 1. The van der Waals surface area contributed by atoms with Gasteiger partial charge in [0.15, 0.2) is 11.5 Å². The van der Waals surface area contributed by atoms with Gasteiger partial charge < -0.3 is 19.5 Å². The lowest BCUT2D eigenvalue weighted by molar-refractivity contribution is -0.116. The average molecular weight is 465 g/mol. The van der Waals surface area contributed by atoms with Gasteiger partial charge in [0.2, 0.25) is 15.9 Å². The summed E-state index contributed by atoms with van der Waals surface area (Å²) in [5.74, 6) is -0.790. The van der Waals surface area contributed by atoms with Crippen LogP contribution in [0.1, 0.15) is 27.0 Å². The Balaban J connectivity index is 2.33. The molecule has 0 aliphatic heterocycles. The van der Waals surface area contributed by atoms with E-state index in [2.05, 4.69) is 5.32 Å². The highest BCUT2D eigenvalue weighted by Crippen LogP contribution is 2.34. The molecule has 0 radical (unpaired) electrons. The highest BCUT2D eigenvalue weighted by atomic mass is 32.2. The number of nitrogens with one attached hydrogen (secondary N) is 1. The van der Waals surface area contributed by atoms with Crippen LogP contribution in [0.3, 0.4) is 0 Å². The first-order valence-corrected chi connectivity index (χ1v) is 11.1. The van der Waals surface area contributed by atoms with Crippen LogP contribution >= 0.6 is 0 Å². The Hall–Kier alpha value is -3.11. The number of rotatable bonds is 8. The second-order valence-electron chi connectivity index (χ2n) is 7.28. The molecule has 0 saturated heterocycles. The first-order valence-electron chi connectivity index (χ1n) is 9.64. The van der Waals surface area contributed by atoms with Crippen LogP contribution in [0.5, 0.6) is 11.5 Å². The first-order chi connectivity index (χ1) is 15.0. The molecule has 2 aromatic rings. The van der Waals surface area contributed by atoms with Crippen LogP contribution < -0.4 is 14.8 Å². The molecule has 0 aliphatic carbocycles. The molecule has 0 aromatic heterocycles. The van der Waals surface area contributed by atoms with Gasteiger partial charge in [0.25, 0.3) is 0 Å². The van der Waals surface area contributed by atoms with E-state index in [0.29, 0.717) is 11.1 Å². The minimum Gasteiger partial charge on any atom is -0.493 e.